The van der Waals surface area contributed by atoms with Crippen molar-refractivity contribution < 1.29 is 9.59 Å². The van der Waals surface area contributed by atoms with E-state index in [0.29, 0.717) is 19.5 Å². The van der Waals surface area contributed by atoms with Gasteiger partial charge in [0.05, 0.1) is 6.54 Å². The van der Waals surface area contributed by atoms with Gasteiger partial charge in [-0.15, -0.1) is 0 Å². The van der Waals surface area contributed by atoms with Crippen LogP contribution in [0.3, 0.4) is 0 Å². The molecular weight excluding hydrogens is 270 g/mol. The molecule has 1 aromatic heterocycles. The second kappa shape index (κ2) is 6.24. The zero-order valence-corrected chi connectivity index (χ0v) is 13.0. The minimum atomic E-state index is -0.472. The highest BCUT2D eigenvalue weighted by molar-refractivity contribution is 5.90. The molecule has 21 heavy (non-hydrogen) atoms. The van der Waals surface area contributed by atoms with Gasteiger partial charge in [-0.3, -0.25) is 9.59 Å². The smallest absolute Gasteiger partial charge is 0.246 e. The van der Waals surface area contributed by atoms with E-state index in [4.69, 9.17) is 0 Å². The highest BCUT2D eigenvalue weighted by Crippen LogP contribution is 2.18. The Hall–Kier alpha value is -1.92. The molecule has 1 N–H and O–H groups in total. The van der Waals surface area contributed by atoms with Gasteiger partial charge < -0.3 is 10.2 Å². The average molecular weight is 293 g/mol. The number of nitrogens with zero attached hydrogens (tertiary/aromatic N) is 4. The number of carbonyl (C=O) groups excluding carboxylic acids is 2. The summed E-state index contributed by atoms with van der Waals surface area (Å²) in [4.78, 5) is 30.6. The van der Waals surface area contributed by atoms with E-state index in [1.54, 1.807) is 9.58 Å². The molecular formula is C14H23N5O2. The zero-order valence-electron chi connectivity index (χ0n) is 13.0. The number of aryl methyl sites for hydroxylation is 1. The Morgan fingerprint density at radius 3 is 2.76 bits per heavy atom. The van der Waals surface area contributed by atoms with E-state index in [2.05, 4.69) is 15.4 Å². The number of hydrogen-bond donors (Lipinski definition) is 1. The van der Waals surface area contributed by atoms with Crippen molar-refractivity contribution in [1.82, 2.24) is 25.0 Å². The SMILES string of the molecule is CCn1ncnc1CN1C(=O)C(C(C)C)NC(=O)CC1C. The highest BCUT2D eigenvalue weighted by Gasteiger charge is 2.36. The quantitative estimate of drug-likeness (QED) is 0.879. The van der Waals surface area contributed by atoms with Gasteiger partial charge in [0, 0.05) is 19.0 Å². The van der Waals surface area contributed by atoms with Gasteiger partial charge in [-0.1, -0.05) is 13.8 Å². The first-order valence-electron chi connectivity index (χ1n) is 7.40. The van der Waals surface area contributed by atoms with Gasteiger partial charge in [-0.2, -0.15) is 5.10 Å². The fourth-order valence-electron chi connectivity index (χ4n) is 2.58. The van der Waals surface area contributed by atoms with Crippen LogP contribution in [0.1, 0.15) is 39.9 Å². The molecule has 2 rings (SSSR count). The van der Waals surface area contributed by atoms with Crippen molar-refractivity contribution in [1.29, 1.82) is 0 Å². The first-order chi connectivity index (χ1) is 9.93. The Bertz CT molecular complexity index is 525. The molecule has 0 bridgehead atoms. The van der Waals surface area contributed by atoms with E-state index < -0.39 is 6.04 Å². The van der Waals surface area contributed by atoms with Crippen molar-refractivity contribution in [2.45, 2.75) is 59.3 Å². The minimum absolute atomic E-state index is 0.0472. The van der Waals surface area contributed by atoms with Crippen LogP contribution in [0.5, 0.6) is 0 Å². The molecule has 2 heterocycles. The molecule has 2 unspecified atom stereocenters. The van der Waals surface area contributed by atoms with E-state index in [0.717, 1.165) is 5.82 Å². The molecule has 0 aliphatic carbocycles. The van der Waals surface area contributed by atoms with E-state index in [-0.39, 0.29) is 23.8 Å². The number of carbonyl (C=O) groups is 2. The average Bonchev–Trinajstić information content (AvgIpc) is 2.83. The van der Waals surface area contributed by atoms with Gasteiger partial charge in [0.25, 0.3) is 0 Å². The third-order valence-electron chi connectivity index (χ3n) is 3.85. The van der Waals surface area contributed by atoms with E-state index in [1.807, 2.05) is 27.7 Å². The number of nitrogens with one attached hydrogen (secondary N) is 1. The first kappa shape index (κ1) is 15.5. The van der Waals surface area contributed by atoms with Crippen molar-refractivity contribution in [3.8, 4) is 0 Å². The number of hydrogen-bond acceptors (Lipinski definition) is 4. The summed E-state index contributed by atoms with van der Waals surface area (Å²) in [5.41, 5.74) is 0. The molecule has 0 radical (unpaired) electrons. The molecule has 0 aromatic carbocycles. The topological polar surface area (TPSA) is 80.1 Å². The molecule has 7 heteroatoms. The Morgan fingerprint density at radius 1 is 1.43 bits per heavy atom. The van der Waals surface area contributed by atoms with Crippen molar-refractivity contribution in [2.75, 3.05) is 0 Å². The van der Waals surface area contributed by atoms with Crippen molar-refractivity contribution >= 4 is 11.8 Å². The van der Waals surface area contributed by atoms with Gasteiger partial charge in [0.2, 0.25) is 11.8 Å². The maximum atomic E-state index is 12.7. The zero-order chi connectivity index (χ0) is 15.6. The van der Waals surface area contributed by atoms with Crippen LogP contribution in [0.4, 0.5) is 0 Å². The normalized spacial score (nSPS) is 23.4. The van der Waals surface area contributed by atoms with Crippen LogP contribution in [0.15, 0.2) is 6.33 Å². The first-order valence-corrected chi connectivity index (χ1v) is 7.40. The maximum Gasteiger partial charge on any atom is 0.246 e. The summed E-state index contributed by atoms with van der Waals surface area (Å²) in [5.74, 6) is 0.677. The third-order valence-corrected chi connectivity index (χ3v) is 3.85. The molecule has 0 spiro atoms. The largest absolute Gasteiger partial charge is 0.344 e. The molecule has 0 saturated carbocycles. The molecule has 2 amide bonds. The monoisotopic (exact) mass is 293 g/mol. The summed E-state index contributed by atoms with van der Waals surface area (Å²) >= 11 is 0. The van der Waals surface area contributed by atoms with Crippen LogP contribution in [0, 0.1) is 5.92 Å². The van der Waals surface area contributed by atoms with E-state index in [1.165, 1.54) is 6.33 Å². The highest BCUT2D eigenvalue weighted by atomic mass is 16.2. The van der Waals surface area contributed by atoms with Gasteiger partial charge in [-0.25, -0.2) is 9.67 Å². The summed E-state index contributed by atoms with van der Waals surface area (Å²) in [7, 11) is 0. The second-order valence-electron chi connectivity index (χ2n) is 5.80. The van der Waals surface area contributed by atoms with Crippen molar-refractivity contribution in [2.24, 2.45) is 5.92 Å². The Morgan fingerprint density at radius 2 is 2.14 bits per heavy atom. The second-order valence-corrected chi connectivity index (χ2v) is 5.80. The summed E-state index contributed by atoms with van der Waals surface area (Å²) < 4.78 is 1.77. The van der Waals surface area contributed by atoms with Crippen LogP contribution < -0.4 is 5.32 Å². The maximum absolute atomic E-state index is 12.7. The summed E-state index contributed by atoms with van der Waals surface area (Å²) in [6, 6.07) is -0.622. The van der Waals surface area contributed by atoms with Gasteiger partial charge in [-0.05, 0) is 19.8 Å². The predicted molar refractivity (Wildman–Crippen MR) is 77.1 cm³/mol. The van der Waals surface area contributed by atoms with Crippen LogP contribution in [0.25, 0.3) is 0 Å². The van der Waals surface area contributed by atoms with E-state index in [9.17, 15) is 9.59 Å². The minimum Gasteiger partial charge on any atom is -0.344 e. The van der Waals surface area contributed by atoms with Crippen LogP contribution in [-0.2, 0) is 22.7 Å². The van der Waals surface area contributed by atoms with Gasteiger partial charge in [0.1, 0.15) is 18.2 Å². The number of aromatic nitrogens is 3. The fraction of sp³-hybridized carbons (Fsp3) is 0.714. The van der Waals surface area contributed by atoms with Crippen LogP contribution in [0.2, 0.25) is 0 Å². The summed E-state index contributed by atoms with van der Waals surface area (Å²) in [5, 5.41) is 6.95. The van der Waals surface area contributed by atoms with Gasteiger partial charge in [0.15, 0.2) is 0 Å². The number of amides is 2. The van der Waals surface area contributed by atoms with E-state index >= 15 is 0 Å². The summed E-state index contributed by atoms with van der Waals surface area (Å²) in [6.45, 7) is 8.83. The molecule has 2 atom stereocenters. The summed E-state index contributed by atoms with van der Waals surface area (Å²) in [6.07, 6.45) is 1.81. The van der Waals surface area contributed by atoms with Crippen molar-refractivity contribution in [3.63, 3.8) is 0 Å². The van der Waals surface area contributed by atoms with Gasteiger partial charge >= 0.3 is 0 Å². The molecule has 1 aromatic rings. The molecule has 1 aliphatic rings. The Labute approximate surface area is 124 Å². The van der Waals surface area contributed by atoms with Crippen LogP contribution in [-0.4, -0.2) is 43.6 Å². The molecule has 116 valence electrons. The molecule has 1 aliphatic heterocycles. The lowest BCUT2D eigenvalue weighted by Gasteiger charge is -2.29. The van der Waals surface area contributed by atoms with Crippen molar-refractivity contribution in [3.05, 3.63) is 12.2 Å². The van der Waals surface area contributed by atoms with Crippen LogP contribution >= 0.6 is 0 Å². The molecule has 1 fully saturated rings. The molecule has 7 nitrogen and oxygen atoms in total. The number of rotatable bonds is 4. The lowest BCUT2D eigenvalue weighted by Crippen LogP contribution is -2.48. The predicted octanol–water partition coefficient (Wildman–Crippen LogP) is 0.560. The fourth-order valence-corrected chi connectivity index (χ4v) is 2.58. The Balaban J connectivity index is 2.26. The standard InChI is InChI=1S/C14H23N5O2/c1-5-19-11(15-8-16-19)7-18-10(4)6-12(20)17-13(9(2)3)14(18)21/h8-10,13H,5-7H2,1-4H3,(H,17,20). The lowest BCUT2D eigenvalue weighted by molar-refractivity contribution is -0.136. The lowest BCUT2D eigenvalue weighted by atomic mass is 10.0. The third kappa shape index (κ3) is 3.22. The molecule has 1 saturated heterocycles. The Kier molecular flexibility index (Phi) is 4.59.